The highest BCUT2D eigenvalue weighted by Gasteiger charge is 2.15. The van der Waals surface area contributed by atoms with Crippen LogP contribution < -0.4 is 15.4 Å². The second-order valence-corrected chi connectivity index (χ2v) is 7.52. The molecule has 9 nitrogen and oxygen atoms in total. The molecule has 3 aromatic heterocycles. The summed E-state index contributed by atoms with van der Waals surface area (Å²) in [4.78, 5) is 24.9. The van der Waals surface area contributed by atoms with Gasteiger partial charge < -0.3 is 15.4 Å². The van der Waals surface area contributed by atoms with Crippen LogP contribution >= 0.6 is 0 Å². The van der Waals surface area contributed by atoms with Crippen LogP contribution in [0.5, 0.6) is 5.75 Å². The van der Waals surface area contributed by atoms with E-state index in [-0.39, 0.29) is 11.7 Å². The summed E-state index contributed by atoms with van der Waals surface area (Å²) >= 11 is 0. The number of amides is 1. The lowest BCUT2D eigenvalue weighted by Gasteiger charge is -2.11. The topological polar surface area (TPSA) is 107 Å². The molecule has 0 aliphatic rings. The normalized spacial score (nSPS) is 10.7. The highest BCUT2D eigenvalue weighted by molar-refractivity contribution is 5.94. The summed E-state index contributed by atoms with van der Waals surface area (Å²) in [5.41, 5.74) is 3.23. The lowest BCUT2D eigenvalue weighted by Crippen LogP contribution is -2.18. The zero-order valence-corrected chi connectivity index (χ0v) is 18.8. The fraction of sp³-hybridized carbons (Fsp3) is 0.208. The highest BCUT2D eigenvalue weighted by Crippen LogP contribution is 2.24. The molecule has 174 valence electrons. The monoisotopic (exact) mass is 461 g/mol. The standard InChI is InChI=1S/C24H24FN7O2/c1-26-23(33)18-9-17(22(25)21(10-18)34-2)7-6-16-11-28-24(29-12-16)31-20-13-30-32(15-20)14-19-5-3-4-8-27-19/h3-5,8-13,15H,6-7,14H2,1-2H3,(H,26,33)(H,28,29,31). The largest absolute Gasteiger partial charge is 0.494 e. The Morgan fingerprint density at radius 3 is 2.65 bits per heavy atom. The fourth-order valence-electron chi connectivity index (χ4n) is 3.39. The van der Waals surface area contributed by atoms with Gasteiger partial charge in [-0.15, -0.1) is 0 Å². The van der Waals surface area contributed by atoms with Crippen LogP contribution in [-0.2, 0) is 19.4 Å². The van der Waals surface area contributed by atoms with Crippen LogP contribution in [0.1, 0.15) is 27.2 Å². The van der Waals surface area contributed by atoms with Gasteiger partial charge in [-0.2, -0.15) is 5.10 Å². The molecular formula is C24H24FN7O2. The summed E-state index contributed by atoms with van der Waals surface area (Å²) in [6, 6.07) is 8.67. The predicted molar refractivity (Wildman–Crippen MR) is 125 cm³/mol. The Morgan fingerprint density at radius 1 is 1.12 bits per heavy atom. The van der Waals surface area contributed by atoms with E-state index in [1.807, 2.05) is 24.4 Å². The van der Waals surface area contributed by atoms with Gasteiger partial charge in [0.15, 0.2) is 11.6 Å². The summed E-state index contributed by atoms with van der Waals surface area (Å²) in [5, 5.41) is 9.97. The number of anilines is 2. The maximum atomic E-state index is 14.7. The van der Waals surface area contributed by atoms with E-state index in [4.69, 9.17) is 4.74 Å². The second kappa shape index (κ2) is 10.5. The third-order valence-electron chi connectivity index (χ3n) is 5.15. The highest BCUT2D eigenvalue weighted by atomic mass is 19.1. The molecule has 0 bridgehead atoms. The number of halogens is 1. The molecule has 0 unspecified atom stereocenters. The van der Waals surface area contributed by atoms with Gasteiger partial charge in [0.2, 0.25) is 5.95 Å². The first kappa shape index (κ1) is 22.8. The first-order valence-electron chi connectivity index (χ1n) is 10.6. The Balaban J connectivity index is 1.38. The summed E-state index contributed by atoms with van der Waals surface area (Å²) in [6.07, 6.45) is 9.52. The Morgan fingerprint density at radius 2 is 1.94 bits per heavy atom. The van der Waals surface area contributed by atoms with Crippen LogP contribution in [0.25, 0.3) is 0 Å². The van der Waals surface area contributed by atoms with Gasteiger partial charge in [-0.3, -0.25) is 14.5 Å². The van der Waals surface area contributed by atoms with Crippen LogP contribution in [-0.4, -0.2) is 44.8 Å². The first-order valence-corrected chi connectivity index (χ1v) is 10.6. The molecule has 0 saturated carbocycles. The van der Waals surface area contributed by atoms with E-state index in [2.05, 4.69) is 30.7 Å². The number of rotatable bonds is 9. The SMILES string of the molecule is CNC(=O)c1cc(CCc2cnc(Nc3cnn(Cc4ccccn4)c3)nc2)c(F)c(OC)c1. The van der Waals surface area contributed by atoms with E-state index in [9.17, 15) is 9.18 Å². The van der Waals surface area contributed by atoms with Crippen LogP contribution in [0.3, 0.4) is 0 Å². The lowest BCUT2D eigenvalue weighted by atomic mass is 10.0. The molecule has 0 aliphatic heterocycles. The molecule has 0 atom stereocenters. The number of methoxy groups -OCH3 is 1. The van der Waals surface area contributed by atoms with Crippen molar-refractivity contribution in [1.82, 2.24) is 30.0 Å². The number of ether oxygens (including phenoxy) is 1. The minimum Gasteiger partial charge on any atom is -0.494 e. The van der Waals surface area contributed by atoms with Gasteiger partial charge in [0.1, 0.15) is 0 Å². The lowest BCUT2D eigenvalue weighted by molar-refractivity contribution is 0.0962. The van der Waals surface area contributed by atoms with Crippen molar-refractivity contribution in [3.63, 3.8) is 0 Å². The number of carbonyl (C=O) groups excluding carboxylic acids is 1. The van der Waals surface area contributed by atoms with Crippen molar-refractivity contribution in [2.75, 3.05) is 19.5 Å². The van der Waals surface area contributed by atoms with Gasteiger partial charge in [0.25, 0.3) is 5.91 Å². The summed E-state index contributed by atoms with van der Waals surface area (Å²) < 4.78 is 21.5. The van der Waals surface area contributed by atoms with Crippen molar-refractivity contribution in [3.05, 3.63) is 89.5 Å². The van der Waals surface area contributed by atoms with Crippen molar-refractivity contribution >= 4 is 17.5 Å². The Kier molecular flexibility index (Phi) is 7.07. The number of nitrogens with zero attached hydrogens (tertiary/aromatic N) is 5. The molecular weight excluding hydrogens is 437 g/mol. The number of nitrogens with one attached hydrogen (secondary N) is 2. The molecule has 34 heavy (non-hydrogen) atoms. The molecule has 2 N–H and O–H groups in total. The molecule has 10 heteroatoms. The molecule has 0 radical (unpaired) electrons. The molecule has 0 aliphatic carbocycles. The fourth-order valence-corrected chi connectivity index (χ4v) is 3.39. The molecule has 1 aromatic carbocycles. The van der Waals surface area contributed by atoms with Gasteiger partial charge >= 0.3 is 0 Å². The van der Waals surface area contributed by atoms with Crippen molar-refractivity contribution < 1.29 is 13.9 Å². The third kappa shape index (κ3) is 5.52. The minimum absolute atomic E-state index is 0.0375. The van der Waals surface area contributed by atoms with Crippen LogP contribution in [0.2, 0.25) is 0 Å². The van der Waals surface area contributed by atoms with E-state index < -0.39 is 5.82 Å². The maximum absolute atomic E-state index is 14.7. The van der Waals surface area contributed by atoms with Gasteiger partial charge in [0.05, 0.1) is 31.2 Å². The Bertz CT molecular complexity index is 1260. The van der Waals surface area contributed by atoms with Crippen LogP contribution in [0.15, 0.2) is 61.3 Å². The second-order valence-electron chi connectivity index (χ2n) is 7.52. The Hall–Kier alpha value is -4.34. The van der Waals surface area contributed by atoms with E-state index in [0.29, 0.717) is 36.5 Å². The van der Waals surface area contributed by atoms with Gasteiger partial charge in [0, 0.05) is 37.4 Å². The summed E-state index contributed by atoms with van der Waals surface area (Å²) in [6.45, 7) is 0.560. The number of aryl methyl sites for hydroxylation is 2. The number of benzene rings is 1. The summed E-state index contributed by atoms with van der Waals surface area (Å²) in [5.74, 6) is -0.315. The van der Waals surface area contributed by atoms with E-state index in [1.54, 1.807) is 29.5 Å². The van der Waals surface area contributed by atoms with Crippen molar-refractivity contribution in [3.8, 4) is 5.75 Å². The van der Waals surface area contributed by atoms with Gasteiger partial charge in [-0.25, -0.2) is 14.4 Å². The minimum atomic E-state index is -0.475. The maximum Gasteiger partial charge on any atom is 0.251 e. The molecule has 3 heterocycles. The van der Waals surface area contributed by atoms with Crippen molar-refractivity contribution in [2.24, 2.45) is 0 Å². The average Bonchev–Trinajstić information content (AvgIpc) is 3.30. The number of hydrogen-bond donors (Lipinski definition) is 2. The van der Waals surface area contributed by atoms with E-state index in [0.717, 1.165) is 16.9 Å². The molecule has 1 amide bonds. The Labute approximate surface area is 196 Å². The number of hydrogen-bond acceptors (Lipinski definition) is 7. The predicted octanol–water partition coefficient (Wildman–Crippen LogP) is 3.15. The van der Waals surface area contributed by atoms with Crippen LogP contribution in [0, 0.1) is 5.82 Å². The molecule has 0 saturated heterocycles. The van der Waals surface area contributed by atoms with Gasteiger partial charge in [-0.05, 0) is 48.2 Å². The third-order valence-corrected chi connectivity index (χ3v) is 5.15. The van der Waals surface area contributed by atoms with Gasteiger partial charge in [-0.1, -0.05) is 6.07 Å². The number of carbonyl (C=O) groups is 1. The molecule has 4 rings (SSSR count). The van der Waals surface area contributed by atoms with Crippen LogP contribution in [0.4, 0.5) is 16.0 Å². The quantitative estimate of drug-likeness (QED) is 0.394. The smallest absolute Gasteiger partial charge is 0.251 e. The zero-order valence-electron chi connectivity index (χ0n) is 18.8. The van der Waals surface area contributed by atoms with E-state index >= 15 is 0 Å². The van der Waals surface area contributed by atoms with Crippen molar-refractivity contribution in [2.45, 2.75) is 19.4 Å². The average molecular weight is 462 g/mol. The number of aromatic nitrogens is 5. The summed E-state index contributed by atoms with van der Waals surface area (Å²) in [7, 11) is 2.90. The molecule has 0 spiro atoms. The molecule has 4 aromatic rings. The molecule has 0 fully saturated rings. The van der Waals surface area contributed by atoms with E-state index in [1.165, 1.54) is 26.3 Å². The van der Waals surface area contributed by atoms with Crippen molar-refractivity contribution in [1.29, 1.82) is 0 Å². The first-order chi connectivity index (χ1) is 16.6. The zero-order chi connectivity index (χ0) is 23.9. The number of pyridine rings is 1.